The van der Waals surface area contributed by atoms with Crippen LogP contribution in [0.2, 0.25) is 5.15 Å². The highest BCUT2D eigenvalue weighted by Gasteiger charge is 2.41. The molecule has 1 amide bonds. The molecule has 2 atom stereocenters. The first kappa shape index (κ1) is 40.0. The number of pyridine rings is 1. The molecule has 4 aliphatic rings. The smallest absolute Gasteiger partial charge is 0.410 e. The Morgan fingerprint density at radius 1 is 1.08 bits per heavy atom. The van der Waals surface area contributed by atoms with Gasteiger partial charge in [-0.05, 0) is 65.4 Å². The van der Waals surface area contributed by atoms with Gasteiger partial charge >= 0.3 is 6.09 Å². The Labute approximate surface area is 309 Å². The largest absolute Gasteiger partial charge is 0.474 e. The van der Waals surface area contributed by atoms with E-state index in [-0.39, 0.29) is 18.1 Å². The van der Waals surface area contributed by atoms with Crippen LogP contribution in [0.5, 0.6) is 5.88 Å². The number of hydrogen-bond donors (Lipinski definition) is 2. The lowest BCUT2D eigenvalue weighted by Crippen LogP contribution is -2.54. The zero-order valence-corrected chi connectivity index (χ0v) is 32.3. The van der Waals surface area contributed by atoms with Crippen LogP contribution in [-0.4, -0.2) is 86.8 Å². The fourth-order valence-corrected chi connectivity index (χ4v) is 6.94. The first-order chi connectivity index (χ1) is 24.4. The minimum atomic E-state index is -1.07. The van der Waals surface area contributed by atoms with Gasteiger partial charge in [-0.15, -0.1) is 10.2 Å². The fraction of sp³-hybridized carbons (Fsp3) is 0.641. The summed E-state index contributed by atoms with van der Waals surface area (Å²) >= 11 is 6.10. The lowest BCUT2D eigenvalue weighted by Gasteiger charge is -2.43. The summed E-state index contributed by atoms with van der Waals surface area (Å²) in [5.41, 5.74) is 6.47. The SMILES string of the molecule is CC.CC(C)(C)OC(=O)N1CCC(O)(C#CC2CC(Oc3cc(N4C5CCC4CN(c4cc(Cl)nnc4N)C5)ccn3)C2)CC1.CC/C=C\CC. The van der Waals surface area contributed by atoms with Crippen LogP contribution in [0.25, 0.3) is 0 Å². The Hall–Kier alpha value is -3.75. The third kappa shape index (κ3) is 11.1. The maximum absolute atomic E-state index is 12.3. The molecule has 51 heavy (non-hydrogen) atoms. The Balaban J connectivity index is 0.000000662. The van der Waals surface area contributed by atoms with Gasteiger partial charge in [0.25, 0.3) is 0 Å². The first-order valence-electron chi connectivity index (χ1n) is 18.7. The van der Waals surface area contributed by atoms with Crippen molar-refractivity contribution in [3.8, 4) is 17.7 Å². The van der Waals surface area contributed by atoms with E-state index < -0.39 is 11.2 Å². The van der Waals surface area contributed by atoms with Crippen molar-refractivity contribution in [3.05, 3.63) is 41.7 Å². The third-order valence-corrected chi connectivity index (χ3v) is 9.57. The Morgan fingerprint density at radius 2 is 1.71 bits per heavy atom. The highest BCUT2D eigenvalue weighted by molar-refractivity contribution is 6.29. The fourth-order valence-electron chi connectivity index (χ4n) is 6.80. The van der Waals surface area contributed by atoms with Crippen molar-refractivity contribution in [1.29, 1.82) is 0 Å². The van der Waals surface area contributed by atoms with Gasteiger partial charge in [-0.2, -0.15) is 0 Å². The van der Waals surface area contributed by atoms with Gasteiger partial charge in [0.05, 0.1) is 5.69 Å². The molecule has 1 aliphatic carbocycles. The second kappa shape index (κ2) is 18.1. The maximum atomic E-state index is 12.3. The number of aromatic nitrogens is 3. The van der Waals surface area contributed by atoms with Crippen LogP contribution in [0.3, 0.4) is 0 Å². The summed E-state index contributed by atoms with van der Waals surface area (Å²) < 4.78 is 11.7. The molecule has 5 heterocycles. The van der Waals surface area contributed by atoms with E-state index in [9.17, 15) is 9.90 Å². The molecule has 280 valence electrons. The molecular formula is C39H58ClN7O4. The number of nitrogens with two attached hydrogens (primary N) is 1. The quantitative estimate of drug-likeness (QED) is 0.232. The van der Waals surface area contributed by atoms with E-state index in [4.69, 9.17) is 26.8 Å². The number of rotatable bonds is 6. The van der Waals surface area contributed by atoms with E-state index in [1.165, 1.54) is 12.8 Å². The molecule has 0 radical (unpaired) electrons. The highest BCUT2D eigenvalue weighted by atomic mass is 35.5. The van der Waals surface area contributed by atoms with Crippen LogP contribution < -0.4 is 20.3 Å². The molecule has 12 heteroatoms. The molecular weight excluding hydrogens is 666 g/mol. The number of piperazine rings is 1. The molecule has 2 aromatic rings. The molecule has 11 nitrogen and oxygen atoms in total. The van der Waals surface area contributed by atoms with Crippen LogP contribution in [0.15, 0.2) is 36.5 Å². The van der Waals surface area contributed by atoms with Crippen LogP contribution >= 0.6 is 11.6 Å². The van der Waals surface area contributed by atoms with Crippen molar-refractivity contribution in [2.24, 2.45) is 5.92 Å². The predicted molar refractivity (Wildman–Crippen MR) is 205 cm³/mol. The van der Waals surface area contributed by atoms with Crippen LogP contribution in [0.1, 0.15) is 99.8 Å². The van der Waals surface area contributed by atoms with Crippen molar-refractivity contribution in [3.63, 3.8) is 0 Å². The lowest BCUT2D eigenvalue weighted by atomic mass is 9.81. The Morgan fingerprint density at radius 3 is 2.29 bits per heavy atom. The third-order valence-electron chi connectivity index (χ3n) is 9.38. The molecule has 0 spiro atoms. The summed E-state index contributed by atoms with van der Waals surface area (Å²) in [4.78, 5) is 23.2. The lowest BCUT2D eigenvalue weighted by molar-refractivity contribution is -0.00537. The van der Waals surface area contributed by atoms with Gasteiger partial charge in [0.2, 0.25) is 5.88 Å². The van der Waals surface area contributed by atoms with E-state index >= 15 is 0 Å². The first-order valence-corrected chi connectivity index (χ1v) is 19.1. The molecule has 2 unspecified atom stereocenters. The van der Waals surface area contributed by atoms with E-state index in [1.54, 1.807) is 11.0 Å². The predicted octanol–water partition coefficient (Wildman–Crippen LogP) is 7.28. The van der Waals surface area contributed by atoms with Gasteiger partial charge in [-0.25, -0.2) is 9.78 Å². The van der Waals surface area contributed by atoms with E-state index in [0.29, 0.717) is 54.9 Å². The number of carbonyl (C=O) groups is 1. The number of anilines is 3. The summed E-state index contributed by atoms with van der Waals surface area (Å²) in [5, 5.41) is 19.1. The second-order valence-corrected chi connectivity index (χ2v) is 14.8. The Bertz CT molecular complexity index is 1500. The normalized spacial score (nSPS) is 23.5. The van der Waals surface area contributed by atoms with Crippen LogP contribution in [0.4, 0.5) is 22.0 Å². The maximum Gasteiger partial charge on any atom is 0.410 e. The number of nitrogens with zero attached hydrogens (tertiary/aromatic N) is 6. The second-order valence-electron chi connectivity index (χ2n) is 14.5. The highest BCUT2D eigenvalue weighted by Crippen LogP contribution is 2.39. The van der Waals surface area contributed by atoms with Crippen molar-refractivity contribution in [2.75, 3.05) is 41.7 Å². The summed E-state index contributed by atoms with van der Waals surface area (Å²) in [6.07, 6.45) is 12.9. The van der Waals surface area contributed by atoms with Crippen LogP contribution in [-0.2, 0) is 4.74 Å². The van der Waals surface area contributed by atoms with Crippen molar-refractivity contribution in [1.82, 2.24) is 20.1 Å². The zero-order chi connectivity index (χ0) is 37.2. The van der Waals surface area contributed by atoms with E-state index in [1.807, 2.05) is 46.9 Å². The van der Waals surface area contributed by atoms with Crippen molar-refractivity contribution in [2.45, 2.75) is 129 Å². The minimum absolute atomic E-state index is 0.0474. The number of carbonyl (C=O) groups excluding carboxylic acids is 1. The van der Waals surface area contributed by atoms with Crippen LogP contribution in [0, 0.1) is 17.8 Å². The van der Waals surface area contributed by atoms with Gasteiger partial charge in [0, 0.05) is 81.0 Å². The number of piperidine rings is 1. The molecule has 3 saturated heterocycles. The standard InChI is InChI=1S/C31H40ClN7O4.C6H12.C2H6/c1-30(2,3)43-29(40)37-12-9-31(41,10-13-37)8-6-20-14-24(15-20)42-27-16-21(7-11-34-27)39-22-4-5-23(39)19-38(18-22)25-17-26(32)35-36-28(25)33;1-3-5-6-4-2;1-2/h7,11,16-17,20,22-24,41H,4-5,9-10,12-15,18-19H2,1-3H3,(H2,33,36);5-6H,3-4H2,1-2H3;1-2H3/b;6-5-;. The number of ether oxygens (including phenoxy) is 2. The van der Waals surface area contributed by atoms with Gasteiger partial charge in [-0.3, -0.25) is 0 Å². The number of aliphatic hydroxyl groups is 1. The topological polar surface area (TPSA) is 130 Å². The number of allylic oxidation sites excluding steroid dienone is 2. The molecule has 2 aromatic heterocycles. The zero-order valence-electron chi connectivity index (χ0n) is 31.6. The number of halogens is 1. The van der Waals surface area contributed by atoms with Gasteiger partial charge in [-0.1, -0.05) is 63.3 Å². The molecule has 3 N–H and O–H groups in total. The Kier molecular flexibility index (Phi) is 14.2. The molecule has 3 aliphatic heterocycles. The van der Waals surface area contributed by atoms with Crippen molar-refractivity contribution < 1.29 is 19.4 Å². The molecule has 6 rings (SSSR count). The van der Waals surface area contributed by atoms with Gasteiger partial charge < -0.3 is 35.0 Å². The number of nitrogen functional groups attached to an aromatic ring is 1. The average molecular weight is 724 g/mol. The number of fused-ring (bicyclic) bond motifs is 2. The summed E-state index contributed by atoms with van der Waals surface area (Å²) in [6.45, 7) is 16.4. The molecule has 2 bridgehead atoms. The van der Waals surface area contributed by atoms with E-state index in [2.05, 4.69) is 68.9 Å². The number of likely N-dealkylation sites (tertiary alicyclic amines) is 1. The number of hydrogen-bond acceptors (Lipinski definition) is 10. The van der Waals surface area contributed by atoms with Crippen molar-refractivity contribution >= 4 is 34.9 Å². The van der Waals surface area contributed by atoms with Gasteiger partial charge in [0.1, 0.15) is 17.3 Å². The average Bonchev–Trinajstić information content (AvgIpc) is 3.35. The molecule has 0 aromatic carbocycles. The van der Waals surface area contributed by atoms with Gasteiger partial charge in [0.15, 0.2) is 11.0 Å². The number of amides is 1. The summed E-state index contributed by atoms with van der Waals surface area (Å²) in [7, 11) is 0. The molecule has 1 saturated carbocycles. The monoisotopic (exact) mass is 723 g/mol. The minimum Gasteiger partial charge on any atom is -0.474 e. The summed E-state index contributed by atoms with van der Waals surface area (Å²) in [5.74, 6) is 7.57. The molecule has 4 fully saturated rings. The summed E-state index contributed by atoms with van der Waals surface area (Å²) in [6, 6.07) is 6.57. The van der Waals surface area contributed by atoms with E-state index in [0.717, 1.165) is 50.1 Å².